The van der Waals surface area contributed by atoms with E-state index in [2.05, 4.69) is 15.9 Å². The van der Waals surface area contributed by atoms with E-state index in [1.165, 1.54) is 0 Å². The molecule has 0 saturated carbocycles. The zero-order valence-electron chi connectivity index (χ0n) is 11.3. The summed E-state index contributed by atoms with van der Waals surface area (Å²) < 4.78 is 10.9. The molecule has 1 rings (SSSR count). The van der Waals surface area contributed by atoms with Gasteiger partial charge >= 0.3 is 5.97 Å². The average molecular weight is 330 g/mol. The molecule has 1 aromatic rings. The van der Waals surface area contributed by atoms with Gasteiger partial charge in [0, 0.05) is 12.5 Å². The van der Waals surface area contributed by atoms with E-state index in [1.807, 2.05) is 18.2 Å². The van der Waals surface area contributed by atoms with Crippen LogP contribution in [0.3, 0.4) is 0 Å². The molecular formula is C14H20BrNO3. The lowest BCUT2D eigenvalue weighted by Crippen LogP contribution is -2.12. The normalized spacial score (nSPS) is 12.0. The highest BCUT2D eigenvalue weighted by atomic mass is 79.9. The smallest absolute Gasteiger partial charge is 0.305 e. The number of hydrogen-bond donors (Lipinski definition) is 1. The summed E-state index contributed by atoms with van der Waals surface area (Å²) in [4.78, 5) is 11.2. The van der Waals surface area contributed by atoms with Crippen LogP contribution in [0.2, 0.25) is 0 Å². The molecule has 1 atom stereocenters. The van der Waals surface area contributed by atoms with Gasteiger partial charge in [0.05, 0.1) is 18.2 Å². The van der Waals surface area contributed by atoms with Gasteiger partial charge in [-0.2, -0.15) is 0 Å². The molecule has 106 valence electrons. The van der Waals surface area contributed by atoms with Crippen LogP contribution in [-0.2, 0) is 9.53 Å². The SMILES string of the molecule is CCOC(=O)CCCC(N)c1ccc(OC)c(Br)c1. The van der Waals surface area contributed by atoms with Crippen molar-refractivity contribution >= 4 is 21.9 Å². The quantitative estimate of drug-likeness (QED) is 0.780. The lowest BCUT2D eigenvalue weighted by molar-refractivity contribution is -0.143. The number of rotatable bonds is 7. The van der Waals surface area contributed by atoms with E-state index in [4.69, 9.17) is 15.2 Å². The lowest BCUT2D eigenvalue weighted by atomic mass is 10.0. The highest BCUT2D eigenvalue weighted by molar-refractivity contribution is 9.10. The zero-order chi connectivity index (χ0) is 14.3. The van der Waals surface area contributed by atoms with Crippen LogP contribution in [0, 0.1) is 0 Å². The van der Waals surface area contributed by atoms with Crippen LogP contribution in [0.5, 0.6) is 5.75 Å². The second-order valence-electron chi connectivity index (χ2n) is 4.20. The van der Waals surface area contributed by atoms with Gasteiger partial charge in [-0.1, -0.05) is 6.07 Å². The van der Waals surface area contributed by atoms with Crippen molar-refractivity contribution < 1.29 is 14.3 Å². The molecule has 0 spiro atoms. The van der Waals surface area contributed by atoms with Crippen molar-refractivity contribution in [1.82, 2.24) is 0 Å². The largest absolute Gasteiger partial charge is 0.496 e. The number of carbonyl (C=O) groups is 1. The molecule has 0 aliphatic heterocycles. The van der Waals surface area contributed by atoms with Crippen molar-refractivity contribution in [2.24, 2.45) is 5.73 Å². The third-order valence-electron chi connectivity index (χ3n) is 2.81. The molecule has 5 heteroatoms. The summed E-state index contributed by atoms with van der Waals surface area (Å²) in [6, 6.07) is 5.69. The third-order valence-corrected chi connectivity index (χ3v) is 3.43. The summed E-state index contributed by atoms with van der Waals surface area (Å²) in [6.45, 7) is 2.23. The van der Waals surface area contributed by atoms with Crippen molar-refractivity contribution in [2.75, 3.05) is 13.7 Å². The number of benzene rings is 1. The number of nitrogens with two attached hydrogens (primary N) is 1. The molecule has 1 aromatic carbocycles. The summed E-state index contributed by atoms with van der Waals surface area (Å²) in [6.07, 6.45) is 1.89. The summed E-state index contributed by atoms with van der Waals surface area (Å²) in [5.41, 5.74) is 7.13. The molecule has 0 aromatic heterocycles. The Hall–Kier alpha value is -1.07. The fourth-order valence-corrected chi connectivity index (χ4v) is 2.34. The third kappa shape index (κ3) is 5.20. The first kappa shape index (κ1) is 16.0. The second-order valence-corrected chi connectivity index (χ2v) is 5.05. The van der Waals surface area contributed by atoms with Gasteiger partial charge in [-0.05, 0) is 53.4 Å². The Morgan fingerprint density at radius 3 is 2.79 bits per heavy atom. The predicted molar refractivity (Wildman–Crippen MR) is 78.1 cm³/mol. The van der Waals surface area contributed by atoms with Gasteiger partial charge < -0.3 is 15.2 Å². The average Bonchev–Trinajstić information content (AvgIpc) is 2.38. The van der Waals surface area contributed by atoms with Gasteiger partial charge in [0.25, 0.3) is 0 Å². The van der Waals surface area contributed by atoms with E-state index in [9.17, 15) is 4.79 Å². The van der Waals surface area contributed by atoms with Crippen molar-refractivity contribution in [2.45, 2.75) is 32.2 Å². The van der Waals surface area contributed by atoms with Crippen LogP contribution < -0.4 is 10.5 Å². The molecule has 0 saturated heterocycles. The van der Waals surface area contributed by atoms with Gasteiger partial charge in [-0.15, -0.1) is 0 Å². The molecule has 4 nitrogen and oxygen atoms in total. The molecule has 1 unspecified atom stereocenters. The van der Waals surface area contributed by atoms with Crippen LogP contribution >= 0.6 is 15.9 Å². The molecule has 0 amide bonds. The van der Waals surface area contributed by atoms with E-state index in [-0.39, 0.29) is 12.0 Å². The van der Waals surface area contributed by atoms with E-state index in [0.717, 1.165) is 28.6 Å². The fourth-order valence-electron chi connectivity index (χ4n) is 1.78. The minimum atomic E-state index is -0.161. The Kier molecular flexibility index (Phi) is 6.87. The summed E-state index contributed by atoms with van der Waals surface area (Å²) >= 11 is 3.43. The summed E-state index contributed by atoms with van der Waals surface area (Å²) in [5, 5.41) is 0. The van der Waals surface area contributed by atoms with E-state index < -0.39 is 0 Å². The number of halogens is 1. The standard InChI is InChI=1S/C14H20BrNO3/c1-3-19-14(17)6-4-5-12(16)10-7-8-13(18-2)11(15)9-10/h7-9,12H,3-6,16H2,1-2H3. The zero-order valence-corrected chi connectivity index (χ0v) is 12.9. The Morgan fingerprint density at radius 1 is 1.47 bits per heavy atom. The number of methoxy groups -OCH3 is 1. The highest BCUT2D eigenvalue weighted by Crippen LogP contribution is 2.28. The molecular weight excluding hydrogens is 310 g/mol. The van der Waals surface area contributed by atoms with Gasteiger partial charge in [-0.25, -0.2) is 0 Å². The van der Waals surface area contributed by atoms with Gasteiger partial charge in [0.15, 0.2) is 0 Å². The monoisotopic (exact) mass is 329 g/mol. The van der Waals surface area contributed by atoms with Gasteiger partial charge in [-0.3, -0.25) is 4.79 Å². The molecule has 0 aliphatic carbocycles. The minimum Gasteiger partial charge on any atom is -0.496 e. The maximum Gasteiger partial charge on any atom is 0.305 e. The van der Waals surface area contributed by atoms with Crippen LogP contribution in [0.25, 0.3) is 0 Å². The van der Waals surface area contributed by atoms with E-state index >= 15 is 0 Å². The predicted octanol–water partition coefficient (Wildman–Crippen LogP) is 3.19. The Balaban J connectivity index is 2.47. The van der Waals surface area contributed by atoms with Gasteiger partial charge in [0.1, 0.15) is 5.75 Å². The first-order chi connectivity index (χ1) is 9.08. The van der Waals surface area contributed by atoms with Gasteiger partial charge in [0.2, 0.25) is 0 Å². The lowest BCUT2D eigenvalue weighted by Gasteiger charge is -2.13. The maximum absolute atomic E-state index is 11.2. The van der Waals surface area contributed by atoms with Crippen molar-refractivity contribution in [3.8, 4) is 5.75 Å². The summed E-state index contributed by atoms with van der Waals surface area (Å²) in [5.74, 6) is 0.619. The molecule has 0 aliphatic rings. The minimum absolute atomic E-state index is 0.0865. The second kappa shape index (κ2) is 8.17. The number of ether oxygens (including phenoxy) is 2. The fraction of sp³-hybridized carbons (Fsp3) is 0.500. The van der Waals surface area contributed by atoms with Crippen molar-refractivity contribution in [3.05, 3.63) is 28.2 Å². The topological polar surface area (TPSA) is 61.5 Å². The van der Waals surface area contributed by atoms with Crippen LogP contribution in [0.15, 0.2) is 22.7 Å². The molecule has 0 fully saturated rings. The first-order valence-corrected chi connectivity index (χ1v) is 7.12. The molecule has 0 bridgehead atoms. The van der Waals surface area contributed by atoms with E-state index in [1.54, 1.807) is 14.0 Å². The number of esters is 1. The first-order valence-electron chi connectivity index (χ1n) is 6.33. The summed E-state index contributed by atoms with van der Waals surface area (Å²) in [7, 11) is 1.62. The number of hydrogen-bond acceptors (Lipinski definition) is 4. The number of carbonyl (C=O) groups excluding carboxylic acids is 1. The Morgan fingerprint density at radius 2 is 2.21 bits per heavy atom. The van der Waals surface area contributed by atoms with Crippen molar-refractivity contribution in [1.29, 1.82) is 0 Å². The van der Waals surface area contributed by atoms with Crippen LogP contribution in [0.1, 0.15) is 37.8 Å². The Labute approximate surface area is 122 Å². The Bertz CT molecular complexity index is 423. The van der Waals surface area contributed by atoms with E-state index in [0.29, 0.717) is 13.0 Å². The molecule has 0 heterocycles. The van der Waals surface area contributed by atoms with Crippen molar-refractivity contribution in [3.63, 3.8) is 0 Å². The molecule has 0 radical (unpaired) electrons. The molecule has 19 heavy (non-hydrogen) atoms. The highest BCUT2D eigenvalue weighted by Gasteiger charge is 2.10. The maximum atomic E-state index is 11.2. The van der Waals surface area contributed by atoms with Crippen LogP contribution in [0.4, 0.5) is 0 Å². The molecule has 2 N–H and O–H groups in total. The van der Waals surface area contributed by atoms with Crippen LogP contribution in [-0.4, -0.2) is 19.7 Å².